The number of carbonyl (C=O) groups excluding carboxylic acids is 1. The molecular weight excluding hydrogens is 304 g/mol. The number of fused-ring (bicyclic) bond motifs is 1. The lowest BCUT2D eigenvalue weighted by Gasteiger charge is -2.06. The molecule has 1 heterocycles. The molecule has 0 spiro atoms. The number of amides is 1. The highest BCUT2D eigenvalue weighted by molar-refractivity contribution is 6.30. The van der Waals surface area contributed by atoms with Crippen molar-refractivity contribution in [3.05, 3.63) is 63.6 Å². The van der Waals surface area contributed by atoms with Crippen molar-refractivity contribution in [2.24, 2.45) is 7.05 Å². The summed E-state index contributed by atoms with van der Waals surface area (Å²) in [5.41, 5.74) is 2.56. The van der Waals surface area contributed by atoms with Crippen LogP contribution in [0.25, 0.3) is 11.1 Å². The monoisotopic (exact) mass is 316 g/mol. The van der Waals surface area contributed by atoms with Gasteiger partial charge in [0.1, 0.15) is 0 Å². The molecule has 0 aliphatic rings. The first-order chi connectivity index (χ1) is 10.5. The largest absolute Gasteiger partial charge is 0.419 e. The van der Waals surface area contributed by atoms with Gasteiger partial charge in [0.2, 0.25) is 5.91 Å². The van der Waals surface area contributed by atoms with Crippen LogP contribution in [-0.4, -0.2) is 10.5 Å². The number of hydrogen-bond acceptors (Lipinski definition) is 3. The van der Waals surface area contributed by atoms with Crippen LogP contribution in [0.1, 0.15) is 5.56 Å². The molecule has 0 aliphatic carbocycles. The second-order valence-corrected chi connectivity index (χ2v) is 5.40. The molecule has 1 N–H and O–H groups in total. The smallest absolute Gasteiger partial charge is 0.408 e. The number of nitrogens with zero attached hydrogens (tertiary/aromatic N) is 1. The van der Waals surface area contributed by atoms with Crippen molar-refractivity contribution in [3.8, 4) is 0 Å². The average Bonchev–Trinajstić information content (AvgIpc) is 2.74. The molecule has 0 atom stereocenters. The van der Waals surface area contributed by atoms with Gasteiger partial charge in [-0.3, -0.25) is 9.36 Å². The lowest BCUT2D eigenvalue weighted by Crippen LogP contribution is -2.14. The molecule has 5 nitrogen and oxygen atoms in total. The maximum Gasteiger partial charge on any atom is 0.419 e. The Bertz CT molecular complexity index is 911. The molecule has 0 unspecified atom stereocenters. The van der Waals surface area contributed by atoms with Gasteiger partial charge >= 0.3 is 5.76 Å². The minimum atomic E-state index is -0.433. The fraction of sp³-hybridized carbons (Fsp3) is 0.125. The van der Waals surface area contributed by atoms with Gasteiger partial charge in [-0.1, -0.05) is 23.7 Å². The average molecular weight is 317 g/mol. The van der Waals surface area contributed by atoms with E-state index in [1.807, 2.05) is 6.07 Å². The predicted octanol–water partition coefficient (Wildman–Crippen LogP) is 2.97. The number of aryl methyl sites for hydroxylation is 1. The number of oxazole rings is 1. The summed E-state index contributed by atoms with van der Waals surface area (Å²) in [6.45, 7) is 0. The van der Waals surface area contributed by atoms with Gasteiger partial charge in [0, 0.05) is 17.8 Å². The van der Waals surface area contributed by atoms with Crippen molar-refractivity contribution in [1.82, 2.24) is 4.57 Å². The summed E-state index contributed by atoms with van der Waals surface area (Å²) < 4.78 is 6.44. The number of anilines is 1. The number of halogens is 1. The van der Waals surface area contributed by atoms with Crippen LogP contribution in [0.4, 0.5) is 5.69 Å². The molecule has 6 heteroatoms. The van der Waals surface area contributed by atoms with E-state index >= 15 is 0 Å². The third kappa shape index (κ3) is 2.89. The quantitative estimate of drug-likeness (QED) is 0.808. The van der Waals surface area contributed by atoms with Crippen molar-refractivity contribution in [3.63, 3.8) is 0 Å². The minimum absolute atomic E-state index is 0.157. The summed E-state index contributed by atoms with van der Waals surface area (Å²) in [6.07, 6.45) is 0.225. The van der Waals surface area contributed by atoms with Gasteiger partial charge < -0.3 is 9.73 Å². The lowest BCUT2D eigenvalue weighted by atomic mass is 10.1. The molecule has 0 fully saturated rings. The minimum Gasteiger partial charge on any atom is -0.408 e. The van der Waals surface area contributed by atoms with Gasteiger partial charge in [-0.25, -0.2) is 4.79 Å². The Kier molecular flexibility index (Phi) is 3.73. The number of aromatic nitrogens is 1. The zero-order valence-corrected chi connectivity index (χ0v) is 12.6. The Balaban J connectivity index is 1.79. The van der Waals surface area contributed by atoms with Crippen molar-refractivity contribution < 1.29 is 9.21 Å². The van der Waals surface area contributed by atoms with Crippen LogP contribution in [0.3, 0.4) is 0 Å². The summed E-state index contributed by atoms with van der Waals surface area (Å²) in [7, 11) is 1.62. The van der Waals surface area contributed by atoms with Crippen LogP contribution in [0.15, 0.2) is 51.7 Å². The molecule has 0 radical (unpaired) electrons. The standard InChI is InChI=1S/C16H13ClN2O3/c1-19-13-9-12(5-6-14(13)22-16(19)21)18-15(20)8-10-3-2-4-11(17)7-10/h2-7,9H,8H2,1H3,(H,18,20). The number of hydrogen-bond donors (Lipinski definition) is 1. The highest BCUT2D eigenvalue weighted by Crippen LogP contribution is 2.18. The normalized spacial score (nSPS) is 10.8. The first-order valence-corrected chi connectivity index (χ1v) is 7.04. The van der Waals surface area contributed by atoms with Crippen molar-refractivity contribution in [1.29, 1.82) is 0 Å². The molecular formula is C16H13ClN2O3. The van der Waals surface area contributed by atoms with Gasteiger partial charge in [0.15, 0.2) is 5.58 Å². The molecule has 1 amide bonds. The molecule has 0 saturated carbocycles. The van der Waals surface area contributed by atoms with E-state index in [1.165, 1.54) is 4.57 Å². The zero-order chi connectivity index (χ0) is 15.7. The predicted molar refractivity (Wildman–Crippen MR) is 85.2 cm³/mol. The topological polar surface area (TPSA) is 64.2 Å². The lowest BCUT2D eigenvalue weighted by molar-refractivity contribution is -0.115. The number of carbonyl (C=O) groups is 1. The van der Waals surface area contributed by atoms with Gasteiger partial charge in [0.05, 0.1) is 11.9 Å². The summed E-state index contributed by atoms with van der Waals surface area (Å²) >= 11 is 5.90. The summed E-state index contributed by atoms with van der Waals surface area (Å²) in [6, 6.07) is 12.2. The molecule has 1 aromatic heterocycles. The maximum atomic E-state index is 12.1. The van der Waals surface area contributed by atoms with E-state index in [4.69, 9.17) is 16.0 Å². The highest BCUT2D eigenvalue weighted by Gasteiger charge is 2.09. The fourth-order valence-electron chi connectivity index (χ4n) is 2.24. The fourth-order valence-corrected chi connectivity index (χ4v) is 2.45. The molecule has 0 bridgehead atoms. The summed E-state index contributed by atoms with van der Waals surface area (Å²) in [4.78, 5) is 23.5. The Labute approximate surface area is 131 Å². The molecule has 0 saturated heterocycles. The number of benzene rings is 2. The summed E-state index contributed by atoms with van der Waals surface area (Å²) in [5, 5.41) is 3.40. The zero-order valence-electron chi connectivity index (χ0n) is 11.8. The Morgan fingerprint density at radius 2 is 2.09 bits per heavy atom. The SMILES string of the molecule is Cn1c(=O)oc2ccc(NC(=O)Cc3cccc(Cl)c3)cc21. The van der Waals surface area contributed by atoms with E-state index in [0.717, 1.165) is 5.56 Å². The van der Waals surface area contributed by atoms with Crippen LogP contribution in [0, 0.1) is 0 Å². The molecule has 3 rings (SSSR count). The Morgan fingerprint density at radius 1 is 1.27 bits per heavy atom. The van der Waals surface area contributed by atoms with E-state index < -0.39 is 5.76 Å². The molecule has 2 aromatic carbocycles. The molecule has 22 heavy (non-hydrogen) atoms. The van der Waals surface area contributed by atoms with Crippen molar-refractivity contribution >= 4 is 34.3 Å². The number of nitrogens with one attached hydrogen (secondary N) is 1. The Hall–Kier alpha value is -2.53. The van der Waals surface area contributed by atoms with Crippen LogP contribution in [0.5, 0.6) is 0 Å². The first-order valence-electron chi connectivity index (χ1n) is 6.67. The van der Waals surface area contributed by atoms with Crippen LogP contribution in [0.2, 0.25) is 5.02 Å². The number of rotatable bonds is 3. The molecule has 0 aliphatic heterocycles. The third-order valence-electron chi connectivity index (χ3n) is 3.33. The van der Waals surface area contributed by atoms with Crippen molar-refractivity contribution in [2.75, 3.05) is 5.32 Å². The van der Waals surface area contributed by atoms with Crippen LogP contribution < -0.4 is 11.1 Å². The van der Waals surface area contributed by atoms with E-state index in [2.05, 4.69) is 5.32 Å². The highest BCUT2D eigenvalue weighted by atomic mass is 35.5. The van der Waals surface area contributed by atoms with Crippen molar-refractivity contribution in [2.45, 2.75) is 6.42 Å². The van der Waals surface area contributed by atoms with Gasteiger partial charge in [-0.2, -0.15) is 0 Å². The second kappa shape index (κ2) is 5.69. The Morgan fingerprint density at radius 3 is 2.86 bits per heavy atom. The van der Waals surface area contributed by atoms with E-state index in [-0.39, 0.29) is 12.3 Å². The van der Waals surface area contributed by atoms with Gasteiger partial charge in [-0.15, -0.1) is 0 Å². The molecule has 112 valence electrons. The third-order valence-corrected chi connectivity index (χ3v) is 3.56. The molecule has 3 aromatic rings. The first kappa shape index (κ1) is 14.4. The van der Waals surface area contributed by atoms with Crippen LogP contribution >= 0.6 is 11.6 Å². The van der Waals surface area contributed by atoms with Gasteiger partial charge in [0.25, 0.3) is 0 Å². The van der Waals surface area contributed by atoms with E-state index in [1.54, 1.807) is 43.4 Å². The van der Waals surface area contributed by atoms with E-state index in [0.29, 0.717) is 21.8 Å². The van der Waals surface area contributed by atoms with Crippen LogP contribution in [-0.2, 0) is 18.3 Å². The maximum absolute atomic E-state index is 12.1. The van der Waals surface area contributed by atoms with E-state index in [9.17, 15) is 9.59 Å². The second-order valence-electron chi connectivity index (χ2n) is 4.96. The summed E-state index contributed by atoms with van der Waals surface area (Å²) in [5.74, 6) is -0.590. The van der Waals surface area contributed by atoms with Gasteiger partial charge in [-0.05, 0) is 35.9 Å².